The van der Waals surface area contributed by atoms with Crippen molar-refractivity contribution in [1.82, 2.24) is 4.90 Å². The topological polar surface area (TPSA) is 43.8 Å². The summed E-state index contributed by atoms with van der Waals surface area (Å²) in [6.07, 6.45) is 0. The van der Waals surface area contributed by atoms with E-state index >= 15 is 0 Å². The molecule has 0 radical (unpaired) electrons. The van der Waals surface area contributed by atoms with Crippen LogP contribution in [0.25, 0.3) is 10.8 Å². The second kappa shape index (κ2) is 6.07. The zero-order valence-corrected chi connectivity index (χ0v) is 15.3. The number of hydrogen-bond donors (Lipinski definition) is 1. The molecule has 2 aromatic rings. The van der Waals surface area contributed by atoms with E-state index in [1.807, 2.05) is 19.2 Å². The van der Waals surface area contributed by atoms with Crippen LogP contribution >= 0.6 is 35.7 Å². The minimum atomic E-state index is -0.120. The number of carbonyl (C=O) groups is 1. The first-order chi connectivity index (χ1) is 11.6. The Hall–Kier alpha value is -1.54. The van der Waals surface area contributed by atoms with Crippen LogP contribution in [0.4, 0.5) is 5.69 Å². The van der Waals surface area contributed by atoms with E-state index in [4.69, 9.17) is 17.3 Å². The Kier molecular flexibility index (Phi) is 4.04. The van der Waals surface area contributed by atoms with E-state index in [1.165, 1.54) is 27.4 Å². The van der Waals surface area contributed by atoms with Gasteiger partial charge in [0.2, 0.25) is 0 Å². The second-order valence-corrected chi connectivity index (χ2v) is 8.15. The highest BCUT2D eigenvalue weighted by Gasteiger charge is 2.38. The Morgan fingerprint density at radius 1 is 1.17 bits per heavy atom. The third-order valence-electron chi connectivity index (χ3n) is 4.08. The van der Waals surface area contributed by atoms with E-state index in [1.54, 1.807) is 11.8 Å². The van der Waals surface area contributed by atoms with Crippen molar-refractivity contribution in [2.24, 2.45) is 0 Å². The Bertz CT molecular complexity index is 910. The molecule has 0 aromatic heterocycles. The van der Waals surface area contributed by atoms with Crippen molar-refractivity contribution in [3.05, 3.63) is 46.3 Å². The molecule has 24 heavy (non-hydrogen) atoms. The van der Waals surface area contributed by atoms with E-state index in [9.17, 15) is 4.79 Å². The lowest BCUT2D eigenvalue weighted by atomic mass is 10.1. The molecule has 0 atom stereocenters. The molecule has 4 rings (SSSR count). The van der Waals surface area contributed by atoms with Gasteiger partial charge in [-0.2, -0.15) is 0 Å². The molecule has 122 valence electrons. The average molecular weight is 375 g/mol. The number of hydrogen-bond acceptors (Lipinski definition) is 6. The van der Waals surface area contributed by atoms with Crippen molar-refractivity contribution in [2.45, 2.75) is 4.90 Å². The molecule has 2 aromatic carbocycles. The number of thiocarbonyl (C=S) groups is 1. The minimum absolute atomic E-state index is 0.0943. The van der Waals surface area contributed by atoms with E-state index in [0.717, 1.165) is 15.6 Å². The van der Waals surface area contributed by atoms with Gasteiger partial charge in [-0.05, 0) is 11.5 Å². The zero-order valence-electron chi connectivity index (χ0n) is 12.9. The maximum atomic E-state index is 12.7. The van der Waals surface area contributed by atoms with Gasteiger partial charge in [0, 0.05) is 17.3 Å². The van der Waals surface area contributed by atoms with Crippen molar-refractivity contribution in [2.75, 3.05) is 25.1 Å². The summed E-state index contributed by atoms with van der Waals surface area (Å²) in [5, 5.41) is 12.4. The maximum Gasteiger partial charge on any atom is 0.268 e. The minimum Gasteiger partial charge on any atom is -0.395 e. The third kappa shape index (κ3) is 2.35. The first-order valence-electron chi connectivity index (χ1n) is 7.44. The summed E-state index contributed by atoms with van der Waals surface area (Å²) in [5.41, 5.74) is 1.13. The SMILES string of the molecule is CN1/C(=C2\SC(=S)N(CCO)C2=O)Sc2ccc3ccccc3c21. The van der Waals surface area contributed by atoms with E-state index in [2.05, 4.69) is 29.2 Å². The molecular weight excluding hydrogens is 360 g/mol. The summed E-state index contributed by atoms with van der Waals surface area (Å²) in [4.78, 5) is 18.0. The molecule has 7 heteroatoms. The third-order valence-corrected chi connectivity index (χ3v) is 6.86. The summed E-state index contributed by atoms with van der Waals surface area (Å²) < 4.78 is 0.506. The highest BCUT2D eigenvalue weighted by atomic mass is 32.2. The van der Waals surface area contributed by atoms with Crippen molar-refractivity contribution in [3.8, 4) is 0 Å². The molecule has 0 bridgehead atoms. The number of aliphatic hydroxyl groups is 1. The summed E-state index contributed by atoms with van der Waals surface area (Å²) in [5.74, 6) is -0.120. The quantitative estimate of drug-likeness (QED) is 0.642. The lowest BCUT2D eigenvalue weighted by molar-refractivity contribution is -0.122. The second-order valence-electron chi connectivity index (χ2n) is 5.48. The van der Waals surface area contributed by atoms with Gasteiger partial charge in [-0.3, -0.25) is 9.69 Å². The van der Waals surface area contributed by atoms with Crippen molar-refractivity contribution in [3.63, 3.8) is 0 Å². The number of nitrogens with zero attached hydrogens (tertiary/aromatic N) is 2. The number of aliphatic hydroxyl groups excluding tert-OH is 1. The fraction of sp³-hybridized carbons (Fsp3) is 0.176. The predicted molar refractivity (Wildman–Crippen MR) is 104 cm³/mol. The number of amides is 1. The number of carbonyl (C=O) groups excluding carboxylic acids is 1. The molecule has 2 heterocycles. The van der Waals surface area contributed by atoms with Gasteiger partial charge in [0.15, 0.2) is 0 Å². The van der Waals surface area contributed by atoms with Crippen LogP contribution in [0.2, 0.25) is 0 Å². The first kappa shape index (κ1) is 16.0. The molecule has 0 saturated carbocycles. The molecule has 1 N–H and O–H groups in total. The monoisotopic (exact) mass is 374 g/mol. The van der Waals surface area contributed by atoms with Gasteiger partial charge >= 0.3 is 0 Å². The van der Waals surface area contributed by atoms with Gasteiger partial charge in [-0.1, -0.05) is 66.1 Å². The molecule has 0 unspecified atom stereocenters. The predicted octanol–water partition coefficient (Wildman–Crippen LogP) is 3.40. The molecule has 4 nitrogen and oxygen atoms in total. The molecule has 1 saturated heterocycles. The van der Waals surface area contributed by atoms with Crippen LogP contribution in [0.5, 0.6) is 0 Å². The van der Waals surface area contributed by atoms with E-state index < -0.39 is 0 Å². The number of thioether (sulfide) groups is 2. The number of fused-ring (bicyclic) bond motifs is 3. The first-order valence-corrected chi connectivity index (χ1v) is 9.48. The highest BCUT2D eigenvalue weighted by molar-refractivity contribution is 8.27. The van der Waals surface area contributed by atoms with Crippen LogP contribution in [-0.2, 0) is 4.79 Å². The Labute approximate surface area is 153 Å². The van der Waals surface area contributed by atoms with Gasteiger partial charge in [-0.25, -0.2) is 0 Å². The Morgan fingerprint density at radius 2 is 1.96 bits per heavy atom. The van der Waals surface area contributed by atoms with E-state index in [0.29, 0.717) is 9.23 Å². The van der Waals surface area contributed by atoms with Gasteiger partial charge in [0.25, 0.3) is 5.91 Å². The van der Waals surface area contributed by atoms with Gasteiger partial charge in [-0.15, -0.1) is 0 Å². The van der Waals surface area contributed by atoms with Crippen molar-refractivity contribution < 1.29 is 9.90 Å². The van der Waals surface area contributed by atoms with Gasteiger partial charge in [0.1, 0.15) is 9.23 Å². The molecule has 1 amide bonds. The summed E-state index contributed by atoms with van der Waals surface area (Å²) in [7, 11) is 1.99. The van der Waals surface area contributed by atoms with E-state index in [-0.39, 0.29) is 19.1 Å². The van der Waals surface area contributed by atoms with Crippen LogP contribution in [0.1, 0.15) is 0 Å². The standard InChI is InChI=1S/C17H14N2O2S3/c1-18-13-11-5-3-2-4-10(11)6-7-12(13)23-16(18)14-15(21)19(8-9-20)17(22)24-14/h2-7,20H,8-9H2,1H3/b16-14+. The molecule has 0 aliphatic carbocycles. The van der Waals surface area contributed by atoms with Crippen LogP contribution in [0.3, 0.4) is 0 Å². The largest absolute Gasteiger partial charge is 0.395 e. The lowest BCUT2D eigenvalue weighted by Gasteiger charge is -2.17. The fourth-order valence-electron chi connectivity index (χ4n) is 2.96. The average Bonchev–Trinajstić information content (AvgIpc) is 3.07. The Morgan fingerprint density at radius 3 is 2.75 bits per heavy atom. The number of β-amino-alcohol motifs (C(OH)–C–C–N with tert-alkyl or cyclic N) is 1. The van der Waals surface area contributed by atoms with Crippen LogP contribution in [-0.4, -0.2) is 40.4 Å². The highest BCUT2D eigenvalue weighted by Crippen LogP contribution is 2.52. The smallest absolute Gasteiger partial charge is 0.268 e. The fourth-order valence-corrected chi connectivity index (χ4v) is 5.61. The van der Waals surface area contributed by atoms with Crippen molar-refractivity contribution in [1.29, 1.82) is 0 Å². The molecule has 2 aliphatic heterocycles. The summed E-state index contributed by atoms with van der Waals surface area (Å²) in [6.45, 7) is 0.147. The van der Waals surface area contributed by atoms with Crippen molar-refractivity contribution >= 4 is 62.4 Å². The summed E-state index contributed by atoms with van der Waals surface area (Å²) >= 11 is 8.20. The van der Waals surface area contributed by atoms with Gasteiger partial charge in [0.05, 0.1) is 23.9 Å². The molecule has 0 spiro atoms. The lowest BCUT2D eigenvalue weighted by Crippen LogP contribution is -2.31. The molecule has 1 fully saturated rings. The van der Waals surface area contributed by atoms with Crippen LogP contribution in [0.15, 0.2) is 51.2 Å². The number of anilines is 1. The van der Waals surface area contributed by atoms with Crippen LogP contribution < -0.4 is 4.90 Å². The summed E-state index contributed by atoms with van der Waals surface area (Å²) in [6, 6.07) is 12.4. The number of benzene rings is 2. The molecule has 2 aliphatic rings. The van der Waals surface area contributed by atoms with Crippen LogP contribution in [0, 0.1) is 0 Å². The Balaban J connectivity index is 1.81. The van der Waals surface area contributed by atoms with Gasteiger partial charge < -0.3 is 10.0 Å². The normalized spacial score (nSPS) is 20.4. The molecular formula is C17H14N2O2S3. The number of rotatable bonds is 2. The zero-order chi connectivity index (χ0) is 16.8. The maximum absolute atomic E-state index is 12.7.